The number of piperidine rings is 1. The van der Waals surface area contributed by atoms with Crippen molar-refractivity contribution in [1.82, 2.24) is 9.80 Å². The molecule has 6 nitrogen and oxygen atoms in total. The molecule has 2 aliphatic heterocycles. The zero-order chi connectivity index (χ0) is 20.2. The van der Waals surface area contributed by atoms with Gasteiger partial charge < -0.3 is 24.4 Å². The quantitative estimate of drug-likeness (QED) is 0.792. The number of carbonyl (C=O) groups excluding carboxylic acids is 1. The number of hydrogen-bond acceptors (Lipinski definition) is 5. The van der Waals surface area contributed by atoms with Crippen LogP contribution >= 0.6 is 0 Å². The molecule has 2 heterocycles. The molecule has 160 valence electrons. The number of amides is 1. The lowest BCUT2D eigenvalue weighted by atomic mass is 10.0. The third-order valence-corrected chi connectivity index (χ3v) is 6.87. The first-order valence-corrected chi connectivity index (χ1v) is 11.2. The minimum absolute atomic E-state index is 0.0175. The van der Waals surface area contributed by atoms with Crippen LogP contribution < -0.4 is 9.47 Å². The van der Waals surface area contributed by atoms with Crippen molar-refractivity contribution in [2.45, 2.75) is 69.6 Å². The fraction of sp³-hybridized carbons (Fsp3) is 0.696. The Hall–Kier alpha value is -1.79. The standard InChI is InChI=1S/C23H34N2O4/c1-28-22-15-17(23(27)25-12-4-7-19(25)16-26)8-9-21(22)29-20-10-13-24(14-11-20)18-5-2-3-6-18/h8-9,15,18-20,26H,2-7,10-14,16H2,1H3/t19-/m0/s1. The summed E-state index contributed by atoms with van der Waals surface area (Å²) in [6, 6.07) is 6.16. The topological polar surface area (TPSA) is 62.2 Å². The van der Waals surface area contributed by atoms with Crippen molar-refractivity contribution in [3.63, 3.8) is 0 Å². The summed E-state index contributed by atoms with van der Waals surface area (Å²) in [5, 5.41) is 9.51. The van der Waals surface area contributed by atoms with Gasteiger partial charge >= 0.3 is 0 Å². The van der Waals surface area contributed by atoms with E-state index in [4.69, 9.17) is 9.47 Å². The van der Waals surface area contributed by atoms with Crippen LogP contribution in [0.1, 0.15) is 61.7 Å². The first-order valence-electron chi connectivity index (χ1n) is 11.2. The number of carbonyl (C=O) groups is 1. The van der Waals surface area contributed by atoms with Crippen molar-refractivity contribution in [2.24, 2.45) is 0 Å². The van der Waals surface area contributed by atoms with Crippen molar-refractivity contribution in [3.8, 4) is 11.5 Å². The Kier molecular flexibility index (Phi) is 6.60. The fourth-order valence-corrected chi connectivity index (χ4v) is 5.16. The maximum atomic E-state index is 12.9. The van der Waals surface area contributed by atoms with Gasteiger partial charge in [0, 0.05) is 31.2 Å². The number of aliphatic hydroxyl groups excluding tert-OH is 1. The second-order valence-electron chi connectivity index (χ2n) is 8.63. The molecule has 0 spiro atoms. The largest absolute Gasteiger partial charge is 0.493 e. The van der Waals surface area contributed by atoms with E-state index >= 15 is 0 Å². The Bertz CT molecular complexity index is 696. The summed E-state index contributed by atoms with van der Waals surface area (Å²) in [5.74, 6) is 1.27. The van der Waals surface area contributed by atoms with Crippen LogP contribution in [0.2, 0.25) is 0 Å². The molecule has 0 unspecified atom stereocenters. The number of nitrogens with zero attached hydrogens (tertiary/aromatic N) is 2. The monoisotopic (exact) mass is 402 g/mol. The highest BCUT2D eigenvalue weighted by atomic mass is 16.5. The molecule has 1 N–H and O–H groups in total. The molecule has 0 aromatic heterocycles. The van der Waals surface area contributed by atoms with E-state index in [9.17, 15) is 9.90 Å². The minimum Gasteiger partial charge on any atom is -0.493 e. The van der Waals surface area contributed by atoms with Gasteiger partial charge in [0.2, 0.25) is 0 Å². The number of aliphatic hydroxyl groups is 1. The Labute approximate surface area is 173 Å². The summed E-state index contributed by atoms with van der Waals surface area (Å²) in [4.78, 5) is 17.3. The number of benzene rings is 1. The molecule has 1 aliphatic carbocycles. The predicted octanol–water partition coefficient (Wildman–Crippen LogP) is 3.08. The van der Waals surface area contributed by atoms with Gasteiger partial charge in [-0.2, -0.15) is 0 Å². The van der Waals surface area contributed by atoms with Crippen LogP contribution in [-0.2, 0) is 0 Å². The molecule has 1 saturated carbocycles. The lowest BCUT2D eigenvalue weighted by Crippen LogP contribution is -2.43. The van der Waals surface area contributed by atoms with Crippen molar-refractivity contribution >= 4 is 5.91 Å². The SMILES string of the molecule is COc1cc(C(=O)N2CCC[C@H]2CO)ccc1OC1CCN(C2CCCC2)CC1. The molecule has 29 heavy (non-hydrogen) atoms. The van der Waals surface area contributed by atoms with E-state index in [1.165, 1.54) is 25.7 Å². The van der Waals surface area contributed by atoms with Crippen LogP contribution in [0.3, 0.4) is 0 Å². The van der Waals surface area contributed by atoms with Gasteiger partial charge in [0.05, 0.1) is 19.8 Å². The molecule has 2 saturated heterocycles. The molecule has 1 amide bonds. The van der Waals surface area contributed by atoms with Gasteiger partial charge in [0.25, 0.3) is 5.91 Å². The van der Waals surface area contributed by atoms with Crippen molar-refractivity contribution < 1.29 is 19.4 Å². The molecular weight excluding hydrogens is 368 g/mol. The normalized spacial score (nSPS) is 24.2. The summed E-state index contributed by atoms with van der Waals surface area (Å²) < 4.78 is 11.8. The Balaban J connectivity index is 1.38. The average Bonchev–Trinajstić information content (AvgIpc) is 3.46. The number of ether oxygens (including phenoxy) is 2. The third kappa shape index (κ3) is 4.53. The van der Waals surface area contributed by atoms with E-state index in [-0.39, 0.29) is 24.7 Å². The van der Waals surface area contributed by atoms with E-state index < -0.39 is 0 Å². The number of hydrogen-bond donors (Lipinski definition) is 1. The summed E-state index contributed by atoms with van der Waals surface area (Å²) >= 11 is 0. The lowest BCUT2D eigenvalue weighted by molar-refractivity contribution is 0.0676. The van der Waals surface area contributed by atoms with E-state index in [0.717, 1.165) is 44.8 Å². The first-order chi connectivity index (χ1) is 14.2. The van der Waals surface area contributed by atoms with Crippen LogP contribution in [0.25, 0.3) is 0 Å². The molecule has 4 rings (SSSR count). The number of methoxy groups -OCH3 is 1. The van der Waals surface area contributed by atoms with E-state index in [1.807, 2.05) is 12.1 Å². The third-order valence-electron chi connectivity index (χ3n) is 6.87. The smallest absolute Gasteiger partial charge is 0.254 e. The first kappa shape index (κ1) is 20.5. The molecule has 0 radical (unpaired) electrons. The summed E-state index contributed by atoms with van der Waals surface area (Å²) in [7, 11) is 1.62. The molecule has 3 fully saturated rings. The van der Waals surface area contributed by atoms with Gasteiger partial charge in [-0.15, -0.1) is 0 Å². The van der Waals surface area contributed by atoms with Gasteiger partial charge in [-0.05, 0) is 56.7 Å². The summed E-state index contributed by atoms with van der Waals surface area (Å²) in [5.41, 5.74) is 0.589. The zero-order valence-corrected chi connectivity index (χ0v) is 17.5. The van der Waals surface area contributed by atoms with Crippen molar-refractivity contribution in [1.29, 1.82) is 0 Å². The highest BCUT2D eigenvalue weighted by molar-refractivity contribution is 5.95. The number of likely N-dealkylation sites (tertiary alicyclic amines) is 2. The number of rotatable bonds is 6. The molecular formula is C23H34N2O4. The van der Waals surface area contributed by atoms with Crippen molar-refractivity contribution in [2.75, 3.05) is 33.4 Å². The Morgan fingerprint density at radius 3 is 2.48 bits per heavy atom. The van der Waals surface area contributed by atoms with Crippen LogP contribution in [0.4, 0.5) is 0 Å². The predicted molar refractivity (Wildman–Crippen MR) is 112 cm³/mol. The van der Waals surface area contributed by atoms with Crippen molar-refractivity contribution in [3.05, 3.63) is 23.8 Å². The van der Waals surface area contributed by atoms with Crippen LogP contribution in [0.5, 0.6) is 11.5 Å². The van der Waals surface area contributed by atoms with E-state index in [0.29, 0.717) is 23.6 Å². The molecule has 6 heteroatoms. The second kappa shape index (κ2) is 9.35. The second-order valence-corrected chi connectivity index (χ2v) is 8.63. The maximum absolute atomic E-state index is 12.9. The molecule has 1 aromatic rings. The molecule has 1 aromatic carbocycles. The summed E-state index contributed by atoms with van der Waals surface area (Å²) in [6.07, 6.45) is 9.51. The lowest BCUT2D eigenvalue weighted by Gasteiger charge is -2.36. The van der Waals surface area contributed by atoms with Gasteiger partial charge in [0.1, 0.15) is 6.10 Å². The highest BCUT2D eigenvalue weighted by Crippen LogP contribution is 2.33. The van der Waals surface area contributed by atoms with Gasteiger partial charge in [-0.3, -0.25) is 4.79 Å². The Morgan fingerprint density at radius 1 is 1.03 bits per heavy atom. The maximum Gasteiger partial charge on any atom is 0.254 e. The molecule has 1 atom stereocenters. The van der Waals surface area contributed by atoms with Crippen LogP contribution in [-0.4, -0.2) is 72.4 Å². The highest BCUT2D eigenvalue weighted by Gasteiger charge is 2.30. The summed E-state index contributed by atoms with van der Waals surface area (Å²) in [6.45, 7) is 2.92. The van der Waals surface area contributed by atoms with Crippen LogP contribution in [0.15, 0.2) is 18.2 Å². The zero-order valence-electron chi connectivity index (χ0n) is 17.5. The van der Waals surface area contributed by atoms with Crippen LogP contribution in [0, 0.1) is 0 Å². The molecule has 3 aliphatic rings. The van der Waals surface area contributed by atoms with E-state index in [2.05, 4.69) is 4.90 Å². The minimum atomic E-state index is -0.0746. The van der Waals surface area contributed by atoms with E-state index in [1.54, 1.807) is 18.1 Å². The van der Waals surface area contributed by atoms with Gasteiger partial charge in [-0.25, -0.2) is 0 Å². The Morgan fingerprint density at radius 2 is 1.79 bits per heavy atom. The van der Waals surface area contributed by atoms with Gasteiger partial charge in [-0.1, -0.05) is 12.8 Å². The molecule has 0 bridgehead atoms. The fourth-order valence-electron chi connectivity index (χ4n) is 5.16. The van der Waals surface area contributed by atoms with Gasteiger partial charge in [0.15, 0.2) is 11.5 Å². The average molecular weight is 403 g/mol.